The minimum absolute atomic E-state index is 0.226. The molecular formula is C16H20N2O. The van der Waals surface area contributed by atoms with Crippen LogP contribution in [-0.2, 0) is 6.54 Å². The Hall–Kier alpha value is -1.71. The molecule has 19 heavy (non-hydrogen) atoms. The molecule has 0 amide bonds. The molecule has 100 valence electrons. The van der Waals surface area contributed by atoms with Gasteiger partial charge in [-0.3, -0.25) is 4.98 Å². The van der Waals surface area contributed by atoms with Crippen LogP contribution in [0.15, 0.2) is 48.8 Å². The van der Waals surface area contributed by atoms with Crippen molar-refractivity contribution in [2.75, 3.05) is 6.61 Å². The Morgan fingerprint density at radius 3 is 2.79 bits per heavy atom. The lowest BCUT2D eigenvalue weighted by Crippen LogP contribution is -2.26. The molecule has 3 heteroatoms. The highest BCUT2D eigenvalue weighted by molar-refractivity contribution is 5.62. The largest absolute Gasteiger partial charge is 0.396 e. The van der Waals surface area contributed by atoms with E-state index in [-0.39, 0.29) is 6.61 Å². The Bertz CT molecular complexity index is 499. The van der Waals surface area contributed by atoms with E-state index in [9.17, 15) is 0 Å². The second-order valence-electron chi connectivity index (χ2n) is 4.74. The van der Waals surface area contributed by atoms with Gasteiger partial charge in [-0.1, -0.05) is 24.3 Å². The van der Waals surface area contributed by atoms with Gasteiger partial charge in [0.15, 0.2) is 0 Å². The highest BCUT2D eigenvalue weighted by Gasteiger charge is 2.02. The van der Waals surface area contributed by atoms with Crippen molar-refractivity contribution in [2.45, 2.75) is 25.9 Å². The molecule has 1 aromatic heterocycles. The third-order valence-electron chi connectivity index (χ3n) is 3.14. The fourth-order valence-electron chi connectivity index (χ4n) is 1.98. The van der Waals surface area contributed by atoms with Gasteiger partial charge in [0.2, 0.25) is 0 Å². The number of rotatable bonds is 6. The average molecular weight is 256 g/mol. The molecule has 3 nitrogen and oxygen atoms in total. The number of aromatic nitrogens is 1. The average Bonchev–Trinajstić information content (AvgIpc) is 2.47. The molecule has 2 rings (SSSR count). The summed E-state index contributed by atoms with van der Waals surface area (Å²) in [6.07, 6.45) is 4.44. The van der Waals surface area contributed by atoms with Crippen LogP contribution >= 0.6 is 0 Å². The summed E-state index contributed by atoms with van der Waals surface area (Å²) >= 11 is 0. The van der Waals surface area contributed by atoms with Gasteiger partial charge in [-0.15, -0.1) is 0 Å². The standard InChI is InChI=1S/C16H20N2O/c1-13(7-9-19)18-11-14-4-2-5-15(10-14)16-6-3-8-17-12-16/h2-6,8,10,12-13,18-19H,7,9,11H2,1H3. The molecule has 1 unspecified atom stereocenters. The lowest BCUT2D eigenvalue weighted by atomic mass is 10.0. The molecular weight excluding hydrogens is 236 g/mol. The summed E-state index contributed by atoms with van der Waals surface area (Å²) in [5, 5.41) is 12.3. The predicted molar refractivity (Wildman–Crippen MR) is 77.7 cm³/mol. The van der Waals surface area contributed by atoms with Crippen LogP contribution in [0.3, 0.4) is 0 Å². The molecule has 0 bridgehead atoms. The fraction of sp³-hybridized carbons (Fsp3) is 0.312. The van der Waals surface area contributed by atoms with Gasteiger partial charge >= 0.3 is 0 Å². The predicted octanol–water partition coefficient (Wildman–Crippen LogP) is 2.61. The number of hydrogen-bond acceptors (Lipinski definition) is 3. The maximum absolute atomic E-state index is 8.88. The molecule has 0 saturated heterocycles. The van der Waals surface area contributed by atoms with Crippen LogP contribution in [0.2, 0.25) is 0 Å². The van der Waals surface area contributed by atoms with Gasteiger partial charge < -0.3 is 10.4 Å². The van der Waals surface area contributed by atoms with E-state index >= 15 is 0 Å². The zero-order valence-electron chi connectivity index (χ0n) is 11.2. The van der Waals surface area contributed by atoms with E-state index < -0.39 is 0 Å². The molecule has 0 aliphatic rings. The number of aliphatic hydroxyl groups excluding tert-OH is 1. The highest BCUT2D eigenvalue weighted by atomic mass is 16.3. The van der Waals surface area contributed by atoms with Crippen molar-refractivity contribution in [1.82, 2.24) is 10.3 Å². The van der Waals surface area contributed by atoms with Gasteiger partial charge in [0.1, 0.15) is 0 Å². The SMILES string of the molecule is CC(CCO)NCc1cccc(-c2cccnc2)c1. The summed E-state index contributed by atoms with van der Waals surface area (Å²) in [5.41, 5.74) is 3.56. The van der Waals surface area contributed by atoms with Crippen molar-refractivity contribution >= 4 is 0 Å². The monoisotopic (exact) mass is 256 g/mol. The van der Waals surface area contributed by atoms with Crippen LogP contribution in [0, 0.1) is 0 Å². The van der Waals surface area contributed by atoms with Gasteiger partial charge in [0, 0.05) is 31.6 Å². The fourth-order valence-corrected chi connectivity index (χ4v) is 1.98. The first kappa shape index (κ1) is 13.7. The number of benzene rings is 1. The van der Waals surface area contributed by atoms with Crippen LogP contribution in [0.25, 0.3) is 11.1 Å². The Morgan fingerprint density at radius 1 is 1.21 bits per heavy atom. The van der Waals surface area contributed by atoms with Gasteiger partial charge in [-0.05, 0) is 42.2 Å². The van der Waals surface area contributed by atoms with Gasteiger partial charge in [-0.25, -0.2) is 0 Å². The molecule has 0 aliphatic heterocycles. The number of nitrogens with zero attached hydrogens (tertiary/aromatic N) is 1. The maximum atomic E-state index is 8.88. The lowest BCUT2D eigenvalue weighted by molar-refractivity contribution is 0.268. The van der Waals surface area contributed by atoms with Gasteiger partial charge in [0.05, 0.1) is 0 Å². The van der Waals surface area contributed by atoms with Crippen molar-refractivity contribution < 1.29 is 5.11 Å². The zero-order chi connectivity index (χ0) is 13.5. The van der Waals surface area contributed by atoms with E-state index in [1.54, 1.807) is 6.20 Å². The highest BCUT2D eigenvalue weighted by Crippen LogP contribution is 2.19. The number of nitrogens with one attached hydrogen (secondary N) is 1. The molecule has 0 fully saturated rings. The van der Waals surface area contributed by atoms with Crippen molar-refractivity contribution in [3.05, 3.63) is 54.4 Å². The quantitative estimate of drug-likeness (QED) is 0.835. The van der Waals surface area contributed by atoms with E-state index in [0.29, 0.717) is 6.04 Å². The summed E-state index contributed by atoms with van der Waals surface area (Å²) in [6.45, 7) is 3.13. The Kier molecular flexibility index (Phi) is 5.07. The summed E-state index contributed by atoms with van der Waals surface area (Å²) in [6, 6.07) is 12.8. The lowest BCUT2D eigenvalue weighted by Gasteiger charge is -2.13. The molecule has 0 spiro atoms. The number of aliphatic hydroxyl groups is 1. The number of pyridine rings is 1. The van der Waals surface area contributed by atoms with Gasteiger partial charge in [0.25, 0.3) is 0 Å². The Labute approximate surface area is 114 Å². The van der Waals surface area contributed by atoms with Crippen LogP contribution in [0.4, 0.5) is 0 Å². The maximum Gasteiger partial charge on any atom is 0.0445 e. The summed E-state index contributed by atoms with van der Waals surface area (Å²) < 4.78 is 0. The molecule has 0 saturated carbocycles. The summed E-state index contributed by atoms with van der Waals surface area (Å²) in [7, 11) is 0. The molecule has 2 N–H and O–H groups in total. The minimum Gasteiger partial charge on any atom is -0.396 e. The van der Waals surface area contributed by atoms with Crippen LogP contribution < -0.4 is 5.32 Å². The van der Waals surface area contributed by atoms with Crippen molar-refractivity contribution in [2.24, 2.45) is 0 Å². The zero-order valence-corrected chi connectivity index (χ0v) is 11.2. The van der Waals surface area contributed by atoms with E-state index in [1.807, 2.05) is 12.3 Å². The van der Waals surface area contributed by atoms with E-state index in [0.717, 1.165) is 18.5 Å². The molecule has 0 radical (unpaired) electrons. The van der Waals surface area contributed by atoms with Crippen LogP contribution in [-0.4, -0.2) is 22.7 Å². The normalized spacial score (nSPS) is 12.3. The molecule has 1 aromatic carbocycles. The van der Waals surface area contributed by atoms with E-state index in [2.05, 4.69) is 47.6 Å². The third-order valence-corrected chi connectivity index (χ3v) is 3.14. The first-order chi connectivity index (χ1) is 9.29. The number of hydrogen-bond donors (Lipinski definition) is 2. The van der Waals surface area contributed by atoms with Crippen LogP contribution in [0.1, 0.15) is 18.9 Å². The summed E-state index contributed by atoms with van der Waals surface area (Å²) in [5.74, 6) is 0. The molecule has 2 aromatic rings. The smallest absolute Gasteiger partial charge is 0.0445 e. The second-order valence-corrected chi connectivity index (χ2v) is 4.74. The van der Waals surface area contributed by atoms with Gasteiger partial charge in [-0.2, -0.15) is 0 Å². The van der Waals surface area contributed by atoms with Crippen molar-refractivity contribution in [3.8, 4) is 11.1 Å². The second kappa shape index (κ2) is 7.02. The summed E-state index contributed by atoms with van der Waals surface area (Å²) in [4.78, 5) is 4.15. The Balaban J connectivity index is 2.04. The van der Waals surface area contributed by atoms with E-state index in [1.165, 1.54) is 11.1 Å². The van der Waals surface area contributed by atoms with Crippen LogP contribution in [0.5, 0.6) is 0 Å². The molecule has 0 aliphatic carbocycles. The first-order valence-corrected chi connectivity index (χ1v) is 6.63. The van der Waals surface area contributed by atoms with Crippen molar-refractivity contribution in [3.63, 3.8) is 0 Å². The van der Waals surface area contributed by atoms with E-state index in [4.69, 9.17) is 5.11 Å². The molecule has 1 heterocycles. The third kappa shape index (κ3) is 4.16. The first-order valence-electron chi connectivity index (χ1n) is 6.63. The Morgan fingerprint density at radius 2 is 2.05 bits per heavy atom. The minimum atomic E-state index is 0.226. The molecule has 1 atom stereocenters. The topological polar surface area (TPSA) is 45.1 Å². The van der Waals surface area contributed by atoms with Crippen molar-refractivity contribution in [1.29, 1.82) is 0 Å².